The second kappa shape index (κ2) is 7.19. The molecule has 1 saturated heterocycles. The van der Waals surface area contributed by atoms with E-state index in [1.807, 2.05) is 11.0 Å². The fraction of sp³-hybridized carbons (Fsp3) is 0.588. The molecule has 23 heavy (non-hydrogen) atoms. The maximum absolute atomic E-state index is 11.0. The Morgan fingerprint density at radius 3 is 2.74 bits per heavy atom. The van der Waals surface area contributed by atoms with Gasteiger partial charge in [0.25, 0.3) is 0 Å². The molecule has 6 heteroatoms. The molecule has 1 aromatic carbocycles. The van der Waals surface area contributed by atoms with E-state index >= 15 is 0 Å². The molecule has 1 N–H and O–H groups in total. The number of carbonyl (C=O) groups is 1. The number of aliphatic carboxylic acids is 1. The predicted molar refractivity (Wildman–Crippen MR) is 89.4 cm³/mol. The molecule has 0 amide bonds. The van der Waals surface area contributed by atoms with Gasteiger partial charge in [0, 0.05) is 32.7 Å². The zero-order valence-electron chi connectivity index (χ0n) is 13.7. The minimum Gasteiger partial charge on any atom is -0.490 e. The predicted octanol–water partition coefficient (Wildman–Crippen LogP) is 0.760. The highest BCUT2D eigenvalue weighted by atomic mass is 16.5. The molecule has 2 aliphatic heterocycles. The number of ether oxygens (including phenoxy) is 1. The third-order valence-corrected chi connectivity index (χ3v) is 4.62. The molecule has 126 valence electrons. The Hall–Kier alpha value is -1.79. The van der Waals surface area contributed by atoms with Gasteiger partial charge in [0.2, 0.25) is 0 Å². The number of fused-ring (bicyclic) bond motifs is 1. The minimum absolute atomic E-state index is 0.0261. The largest absolute Gasteiger partial charge is 0.490 e. The van der Waals surface area contributed by atoms with Crippen LogP contribution in [0.3, 0.4) is 0 Å². The maximum atomic E-state index is 11.0. The zero-order valence-corrected chi connectivity index (χ0v) is 13.7. The van der Waals surface area contributed by atoms with E-state index in [-0.39, 0.29) is 6.54 Å². The standard InChI is InChI=1S/C17H25N3O3/c1-18-6-8-19(9-7-18)5-4-14-2-3-16-15(12-14)20(10-11-23-16)13-17(21)22/h2-3,12H,4-11,13H2,1H3,(H,21,22). The molecular weight excluding hydrogens is 294 g/mol. The Kier molecular flexibility index (Phi) is 5.03. The number of hydrogen-bond donors (Lipinski definition) is 1. The molecular formula is C17H25N3O3. The monoisotopic (exact) mass is 319 g/mol. The SMILES string of the molecule is CN1CCN(CCc2ccc3c(c2)N(CC(=O)O)CCO3)CC1. The number of nitrogens with zero attached hydrogens (tertiary/aromatic N) is 3. The van der Waals surface area contributed by atoms with E-state index in [0.29, 0.717) is 13.2 Å². The van der Waals surface area contributed by atoms with Crippen LogP contribution in [0.1, 0.15) is 5.56 Å². The highest BCUT2D eigenvalue weighted by Crippen LogP contribution is 2.32. The summed E-state index contributed by atoms with van der Waals surface area (Å²) in [4.78, 5) is 17.8. The van der Waals surface area contributed by atoms with Crippen LogP contribution in [0.15, 0.2) is 18.2 Å². The quantitative estimate of drug-likeness (QED) is 0.865. The smallest absolute Gasteiger partial charge is 0.323 e. The summed E-state index contributed by atoms with van der Waals surface area (Å²) < 4.78 is 5.65. The van der Waals surface area contributed by atoms with Crippen LogP contribution in [-0.4, -0.2) is 80.3 Å². The average Bonchev–Trinajstić information content (AvgIpc) is 2.54. The molecule has 0 unspecified atom stereocenters. The molecule has 3 rings (SSSR count). The molecule has 2 heterocycles. The normalized spacial score (nSPS) is 19.3. The molecule has 0 aliphatic carbocycles. The lowest BCUT2D eigenvalue weighted by molar-refractivity contribution is -0.135. The third-order valence-electron chi connectivity index (χ3n) is 4.62. The summed E-state index contributed by atoms with van der Waals surface area (Å²) in [5, 5.41) is 9.06. The number of benzene rings is 1. The summed E-state index contributed by atoms with van der Waals surface area (Å²) >= 11 is 0. The first-order chi connectivity index (χ1) is 11.1. The van der Waals surface area contributed by atoms with E-state index in [0.717, 1.165) is 50.6 Å². The fourth-order valence-electron chi connectivity index (χ4n) is 3.16. The minimum atomic E-state index is -0.805. The molecule has 1 fully saturated rings. The Morgan fingerprint density at radius 2 is 2.00 bits per heavy atom. The van der Waals surface area contributed by atoms with Crippen molar-refractivity contribution in [2.75, 3.05) is 64.4 Å². The van der Waals surface area contributed by atoms with E-state index in [2.05, 4.69) is 29.0 Å². The van der Waals surface area contributed by atoms with Gasteiger partial charge in [0.05, 0.1) is 12.2 Å². The van der Waals surface area contributed by atoms with Crippen molar-refractivity contribution in [3.05, 3.63) is 23.8 Å². The van der Waals surface area contributed by atoms with Crippen LogP contribution in [0.25, 0.3) is 0 Å². The third kappa shape index (κ3) is 4.14. The van der Waals surface area contributed by atoms with Crippen molar-refractivity contribution in [3.63, 3.8) is 0 Å². The van der Waals surface area contributed by atoms with Crippen LogP contribution in [0.2, 0.25) is 0 Å². The number of carboxylic acid groups (broad SMARTS) is 1. The van der Waals surface area contributed by atoms with Crippen molar-refractivity contribution in [3.8, 4) is 5.75 Å². The van der Waals surface area contributed by atoms with E-state index in [1.54, 1.807) is 0 Å². The molecule has 0 saturated carbocycles. The number of likely N-dealkylation sites (N-methyl/N-ethyl adjacent to an activating group) is 1. The van der Waals surface area contributed by atoms with Crippen LogP contribution in [-0.2, 0) is 11.2 Å². The van der Waals surface area contributed by atoms with Gasteiger partial charge in [-0.1, -0.05) is 6.07 Å². The summed E-state index contributed by atoms with van der Waals surface area (Å²) in [5.41, 5.74) is 2.15. The van der Waals surface area contributed by atoms with Gasteiger partial charge in [-0.05, 0) is 31.2 Å². The summed E-state index contributed by atoms with van der Waals surface area (Å²) in [6, 6.07) is 6.16. The zero-order chi connectivity index (χ0) is 16.2. The summed E-state index contributed by atoms with van der Waals surface area (Å²) in [5.74, 6) is -0.0125. The first kappa shape index (κ1) is 16.1. The lowest BCUT2D eigenvalue weighted by atomic mass is 10.1. The van der Waals surface area contributed by atoms with E-state index in [1.165, 1.54) is 5.56 Å². The van der Waals surface area contributed by atoms with E-state index < -0.39 is 5.97 Å². The van der Waals surface area contributed by atoms with Gasteiger partial charge < -0.3 is 24.5 Å². The van der Waals surface area contributed by atoms with Crippen molar-refractivity contribution < 1.29 is 14.6 Å². The highest BCUT2D eigenvalue weighted by molar-refractivity contribution is 5.75. The first-order valence-electron chi connectivity index (χ1n) is 8.25. The molecule has 1 aromatic rings. The summed E-state index contributed by atoms with van der Waals surface area (Å²) in [6.07, 6.45) is 0.984. The first-order valence-corrected chi connectivity index (χ1v) is 8.25. The molecule has 0 atom stereocenters. The topological polar surface area (TPSA) is 56.2 Å². The van der Waals surface area contributed by atoms with Crippen molar-refractivity contribution >= 4 is 11.7 Å². The molecule has 0 radical (unpaired) electrons. The number of rotatable bonds is 5. The molecule has 0 bridgehead atoms. The van der Waals surface area contributed by atoms with Crippen LogP contribution in [0.5, 0.6) is 5.75 Å². The number of hydrogen-bond acceptors (Lipinski definition) is 5. The molecule has 0 aromatic heterocycles. The highest BCUT2D eigenvalue weighted by Gasteiger charge is 2.20. The van der Waals surface area contributed by atoms with Gasteiger partial charge >= 0.3 is 5.97 Å². The van der Waals surface area contributed by atoms with Gasteiger partial charge in [-0.2, -0.15) is 0 Å². The van der Waals surface area contributed by atoms with Crippen molar-refractivity contribution in [2.24, 2.45) is 0 Å². The van der Waals surface area contributed by atoms with E-state index in [9.17, 15) is 4.79 Å². The fourth-order valence-corrected chi connectivity index (χ4v) is 3.16. The lowest BCUT2D eigenvalue weighted by Gasteiger charge is -2.33. The maximum Gasteiger partial charge on any atom is 0.323 e. The van der Waals surface area contributed by atoms with Crippen molar-refractivity contribution in [1.82, 2.24) is 9.80 Å². The summed E-state index contributed by atoms with van der Waals surface area (Å²) in [6.45, 7) is 6.74. The Labute approximate surface area is 137 Å². The number of anilines is 1. The second-order valence-corrected chi connectivity index (χ2v) is 6.36. The molecule has 0 spiro atoms. The van der Waals surface area contributed by atoms with Crippen LogP contribution >= 0.6 is 0 Å². The Bertz CT molecular complexity index is 556. The van der Waals surface area contributed by atoms with Crippen molar-refractivity contribution in [2.45, 2.75) is 6.42 Å². The molecule has 2 aliphatic rings. The Morgan fingerprint density at radius 1 is 1.22 bits per heavy atom. The summed E-state index contributed by atoms with van der Waals surface area (Å²) in [7, 11) is 2.16. The van der Waals surface area contributed by atoms with Crippen LogP contribution in [0.4, 0.5) is 5.69 Å². The second-order valence-electron chi connectivity index (χ2n) is 6.36. The Balaban J connectivity index is 1.63. The van der Waals surface area contributed by atoms with Gasteiger partial charge in [0.1, 0.15) is 18.9 Å². The van der Waals surface area contributed by atoms with Gasteiger partial charge in [-0.15, -0.1) is 0 Å². The number of carboxylic acids is 1. The molecule has 6 nitrogen and oxygen atoms in total. The lowest BCUT2D eigenvalue weighted by Crippen LogP contribution is -2.45. The van der Waals surface area contributed by atoms with E-state index in [4.69, 9.17) is 9.84 Å². The van der Waals surface area contributed by atoms with Crippen molar-refractivity contribution in [1.29, 1.82) is 0 Å². The van der Waals surface area contributed by atoms with Gasteiger partial charge in [-0.25, -0.2) is 0 Å². The van der Waals surface area contributed by atoms with Crippen LogP contribution in [0, 0.1) is 0 Å². The average molecular weight is 319 g/mol. The van der Waals surface area contributed by atoms with Gasteiger partial charge in [0.15, 0.2) is 0 Å². The van der Waals surface area contributed by atoms with Crippen LogP contribution < -0.4 is 9.64 Å². The number of piperazine rings is 1. The van der Waals surface area contributed by atoms with Gasteiger partial charge in [-0.3, -0.25) is 4.79 Å².